The molecule has 0 spiro atoms. The summed E-state index contributed by atoms with van der Waals surface area (Å²) in [6.07, 6.45) is 4.36. The minimum atomic E-state index is -3.33. The van der Waals surface area contributed by atoms with Crippen molar-refractivity contribution in [3.63, 3.8) is 0 Å². The first-order chi connectivity index (χ1) is 13.3. The lowest BCUT2D eigenvalue weighted by Crippen LogP contribution is -2.02. The van der Waals surface area contributed by atoms with E-state index < -0.39 is 9.84 Å². The van der Waals surface area contributed by atoms with E-state index in [1.807, 2.05) is 36.7 Å². The van der Waals surface area contributed by atoms with Crippen molar-refractivity contribution in [1.82, 2.24) is 19.7 Å². The molecule has 8 heteroatoms. The van der Waals surface area contributed by atoms with E-state index >= 15 is 0 Å². The number of anilines is 2. The van der Waals surface area contributed by atoms with Crippen molar-refractivity contribution >= 4 is 32.2 Å². The number of rotatable bonds is 4. The van der Waals surface area contributed by atoms with E-state index in [2.05, 4.69) is 26.4 Å². The molecule has 0 atom stereocenters. The van der Waals surface area contributed by atoms with E-state index in [0.29, 0.717) is 16.7 Å². The molecule has 0 aliphatic heterocycles. The number of benzene rings is 2. The average Bonchev–Trinajstić information content (AvgIpc) is 3.01. The van der Waals surface area contributed by atoms with Crippen LogP contribution in [0.15, 0.2) is 59.9 Å². The third-order valence-corrected chi connectivity index (χ3v) is 5.65. The second-order valence-corrected chi connectivity index (χ2v) is 8.71. The van der Waals surface area contributed by atoms with Crippen LogP contribution in [0.1, 0.15) is 11.3 Å². The Morgan fingerprint density at radius 2 is 1.86 bits per heavy atom. The number of aryl methyl sites for hydroxylation is 1. The van der Waals surface area contributed by atoms with Crippen LogP contribution in [0.5, 0.6) is 0 Å². The summed E-state index contributed by atoms with van der Waals surface area (Å²) in [5.74, 6) is 0.530. The third kappa shape index (κ3) is 3.34. The molecule has 0 saturated heterocycles. The number of fused-ring (bicyclic) bond motifs is 1. The monoisotopic (exact) mass is 393 g/mol. The van der Waals surface area contributed by atoms with E-state index in [4.69, 9.17) is 0 Å². The van der Waals surface area contributed by atoms with Gasteiger partial charge in [-0.15, -0.1) is 0 Å². The predicted molar refractivity (Wildman–Crippen MR) is 109 cm³/mol. The minimum Gasteiger partial charge on any atom is -0.337 e. The number of sulfone groups is 1. The Kier molecular flexibility index (Phi) is 4.35. The Morgan fingerprint density at radius 3 is 2.61 bits per heavy atom. The second kappa shape index (κ2) is 6.72. The second-order valence-electron chi connectivity index (χ2n) is 6.69. The fraction of sp³-hybridized carbons (Fsp3) is 0.150. The summed E-state index contributed by atoms with van der Waals surface area (Å²) >= 11 is 0. The third-order valence-electron chi connectivity index (χ3n) is 4.54. The maximum absolute atomic E-state index is 11.9. The zero-order valence-corrected chi connectivity index (χ0v) is 16.5. The van der Waals surface area contributed by atoms with Gasteiger partial charge < -0.3 is 5.32 Å². The van der Waals surface area contributed by atoms with Crippen molar-refractivity contribution in [2.24, 2.45) is 0 Å². The SMILES string of the molecule is Cc1cccc(-n2ncc(Nc3ncnc4ccc(S(C)(=O)=O)cc34)c2C)c1. The van der Waals surface area contributed by atoms with Crippen LogP contribution in [0.2, 0.25) is 0 Å². The zero-order chi connectivity index (χ0) is 19.9. The number of nitrogens with one attached hydrogen (secondary N) is 1. The molecule has 2 aromatic carbocycles. The van der Waals surface area contributed by atoms with Crippen molar-refractivity contribution in [3.8, 4) is 5.69 Å². The van der Waals surface area contributed by atoms with Gasteiger partial charge in [-0.25, -0.2) is 23.1 Å². The van der Waals surface area contributed by atoms with Crippen LogP contribution in [0.3, 0.4) is 0 Å². The highest BCUT2D eigenvalue weighted by Crippen LogP contribution is 2.27. The minimum absolute atomic E-state index is 0.227. The van der Waals surface area contributed by atoms with Crippen molar-refractivity contribution < 1.29 is 8.42 Å². The number of aromatic nitrogens is 4. The number of hydrogen-bond donors (Lipinski definition) is 1. The molecule has 0 aliphatic rings. The van der Waals surface area contributed by atoms with Crippen LogP contribution in [0.4, 0.5) is 11.5 Å². The van der Waals surface area contributed by atoms with Gasteiger partial charge in [0.2, 0.25) is 0 Å². The smallest absolute Gasteiger partial charge is 0.175 e. The topological polar surface area (TPSA) is 89.8 Å². The highest BCUT2D eigenvalue weighted by atomic mass is 32.2. The molecule has 0 aliphatic carbocycles. The lowest BCUT2D eigenvalue weighted by Gasteiger charge is -2.10. The summed E-state index contributed by atoms with van der Waals surface area (Å²) in [5, 5.41) is 8.38. The van der Waals surface area contributed by atoms with Gasteiger partial charge in [-0.3, -0.25) is 0 Å². The molecule has 28 heavy (non-hydrogen) atoms. The Hall–Kier alpha value is -3.26. The standard InChI is InChI=1S/C20H19N5O2S/c1-13-5-4-6-15(9-13)25-14(2)19(11-23-25)24-20-17-10-16(28(3,26)27)7-8-18(17)21-12-22-20/h4-12H,1-3H3,(H,21,22,24). The molecule has 0 radical (unpaired) electrons. The highest BCUT2D eigenvalue weighted by molar-refractivity contribution is 7.90. The van der Waals surface area contributed by atoms with Gasteiger partial charge in [0.25, 0.3) is 0 Å². The van der Waals surface area contributed by atoms with Gasteiger partial charge >= 0.3 is 0 Å². The fourth-order valence-corrected chi connectivity index (χ4v) is 3.69. The van der Waals surface area contributed by atoms with Crippen molar-refractivity contribution in [1.29, 1.82) is 0 Å². The van der Waals surface area contributed by atoms with Crippen LogP contribution in [-0.4, -0.2) is 34.4 Å². The lowest BCUT2D eigenvalue weighted by molar-refractivity contribution is 0.602. The van der Waals surface area contributed by atoms with E-state index in [1.165, 1.54) is 12.6 Å². The van der Waals surface area contributed by atoms with Gasteiger partial charge in [-0.1, -0.05) is 12.1 Å². The first-order valence-corrected chi connectivity index (χ1v) is 10.6. The number of nitrogens with zero attached hydrogens (tertiary/aromatic N) is 4. The molecule has 0 unspecified atom stereocenters. The molecule has 2 aromatic heterocycles. The van der Waals surface area contributed by atoms with Gasteiger partial charge in [-0.05, 0) is 49.7 Å². The lowest BCUT2D eigenvalue weighted by atomic mass is 10.2. The van der Waals surface area contributed by atoms with E-state index in [9.17, 15) is 8.42 Å². The molecule has 2 heterocycles. The molecule has 4 aromatic rings. The van der Waals surface area contributed by atoms with Crippen LogP contribution in [0.25, 0.3) is 16.6 Å². The summed E-state index contributed by atoms with van der Waals surface area (Å²) in [6, 6.07) is 12.9. The first-order valence-electron chi connectivity index (χ1n) is 8.66. The van der Waals surface area contributed by atoms with Gasteiger partial charge in [0.1, 0.15) is 12.1 Å². The molecule has 7 nitrogen and oxygen atoms in total. The van der Waals surface area contributed by atoms with Crippen LogP contribution in [0, 0.1) is 13.8 Å². The van der Waals surface area contributed by atoms with Crippen LogP contribution >= 0.6 is 0 Å². The zero-order valence-electron chi connectivity index (χ0n) is 15.7. The molecule has 0 bridgehead atoms. The number of hydrogen-bond acceptors (Lipinski definition) is 6. The Labute approximate surface area is 163 Å². The Balaban J connectivity index is 1.77. The van der Waals surface area contributed by atoms with Gasteiger partial charge in [0.05, 0.1) is 33.7 Å². The van der Waals surface area contributed by atoms with Crippen molar-refractivity contribution in [2.45, 2.75) is 18.7 Å². The average molecular weight is 393 g/mol. The van der Waals surface area contributed by atoms with Crippen molar-refractivity contribution in [2.75, 3.05) is 11.6 Å². The summed E-state index contributed by atoms with van der Waals surface area (Å²) in [5.41, 5.74) is 4.48. The predicted octanol–water partition coefficient (Wildman–Crippen LogP) is 3.58. The molecular weight excluding hydrogens is 374 g/mol. The molecule has 0 saturated carbocycles. The largest absolute Gasteiger partial charge is 0.337 e. The van der Waals surface area contributed by atoms with E-state index in [-0.39, 0.29) is 4.90 Å². The Bertz CT molecular complexity index is 1300. The molecule has 0 fully saturated rings. The maximum Gasteiger partial charge on any atom is 0.175 e. The van der Waals surface area contributed by atoms with Crippen LogP contribution < -0.4 is 5.32 Å². The van der Waals surface area contributed by atoms with Gasteiger partial charge in [-0.2, -0.15) is 5.10 Å². The fourth-order valence-electron chi connectivity index (χ4n) is 3.05. The van der Waals surface area contributed by atoms with E-state index in [1.54, 1.807) is 24.4 Å². The summed E-state index contributed by atoms with van der Waals surface area (Å²) < 4.78 is 25.7. The first kappa shape index (κ1) is 18.1. The summed E-state index contributed by atoms with van der Waals surface area (Å²) in [7, 11) is -3.33. The Morgan fingerprint density at radius 1 is 1.04 bits per heavy atom. The van der Waals surface area contributed by atoms with Gasteiger partial charge in [0.15, 0.2) is 9.84 Å². The van der Waals surface area contributed by atoms with Gasteiger partial charge in [0, 0.05) is 11.6 Å². The summed E-state index contributed by atoms with van der Waals surface area (Å²) in [4.78, 5) is 8.76. The normalized spacial score (nSPS) is 11.7. The molecule has 1 N–H and O–H groups in total. The molecule has 0 amide bonds. The molecular formula is C20H19N5O2S. The van der Waals surface area contributed by atoms with Crippen molar-refractivity contribution in [3.05, 3.63) is 66.2 Å². The molecule has 4 rings (SSSR count). The van der Waals surface area contributed by atoms with Crippen LogP contribution in [-0.2, 0) is 9.84 Å². The highest BCUT2D eigenvalue weighted by Gasteiger charge is 2.14. The maximum atomic E-state index is 11.9. The summed E-state index contributed by atoms with van der Waals surface area (Å²) in [6.45, 7) is 4.00. The van der Waals surface area contributed by atoms with E-state index in [0.717, 1.165) is 22.6 Å². The quantitative estimate of drug-likeness (QED) is 0.570. The molecule has 142 valence electrons.